The summed E-state index contributed by atoms with van der Waals surface area (Å²) in [5, 5.41) is 0. The molecule has 0 bridgehead atoms. The van der Waals surface area contributed by atoms with Crippen LogP contribution in [0.3, 0.4) is 0 Å². The van der Waals surface area contributed by atoms with Gasteiger partial charge in [0.2, 0.25) is 0 Å². The molecule has 0 spiro atoms. The largest absolute Gasteiger partial charge is 0.378 e. The van der Waals surface area contributed by atoms with E-state index in [1.807, 2.05) is 0 Å². The van der Waals surface area contributed by atoms with Crippen molar-refractivity contribution in [1.29, 1.82) is 0 Å². The van der Waals surface area contributed by atoms with Gasteiger partial charge in [0.1, 0.15) is 11.6 Å². The highest BCUT2D eigenvalue weighted by Crippen LogP contribution is 2.17. The molecule has 0 aliphatic carbocycles. The maximum Gasteiger partial charge on any atom is 0.137 e. The number of ketones is 1. The zero-order chi connectivity index (χ0) is 12.1. The fourth-order valence-corrected chi connectivity index (χ4v) is 2.11. The summed E-state index contributed by atoms with van der Waals surface area (Å²) in [5.74, 6) is -0.0623. The van der Waals surface area contributed by atoms with Crippen molar-refractivity contribution in [3.05, 3.63) is 35.6 Å². The van der Waals surface area contributed by atoms with Gasteiger partial charge in [-0.25, -0.2) is 4.39 Å². The van der Waals surface area contributed by atoms with Gasteiger partial charge in [0.05, 0.1) is 6.10 Å². The molecular weight excluding hydrogens is 219 g/mol. The first kappa shape index (κ1) is 12.2. The molecule has 1 fully saturated rings. The van der Waals surface area contributed by atoms with Gasteiger partial charge in [-0.3, -0.25) is 4.79 Å². The lowest BCUT2D eigenvalue weighted by molar-refractivity contribution is -0.119. The van der Waals surface area contributed by atoms with Gasteiger partial charge in [0.15, 0.2) is 0 Å². The number of carbonyl (C=O) groups excluding carboxylic acids is 1. The van der Waals surface area contributed by atoms with Crippen LogP contribution in [-0.4, -0.2) is 18.5 Å². The molecule has 1 aromatic rings. The van der Waals surface area contributed by atoms with Crippen LogP contribution in [0.5, 0.6) is 0 Å². The van der Waals surface area contributed by atoms with Crippen LogP contribution >= 0.6 is 0 Å². The summed E-state index contributed by atoms with van der Waals surface area (Å²) < 4.78 is 18.1. The molecule has 17 heavy (non-hydrogen) atoms. The second-order valence-corrected chi connectivity index (χ2v) is 4.52. The Morgan fingerprint density at radius 2 is 2.12 bits per heavy atom. The number of Topliss-reactive ketones (excluding diaryl/α,β-unsaturated/α-hetero) is 1. The van der Waals surface area contributed by atoms with Crippen LogP contribution in [0.25, 0.3) is 0 Å². The van der Waals surface area contributed by atoms with E-state index >= 15 is 0 Å². The van der Waals surface area contributed by atoms with Crippen molar-refractivity contribution in [2.24, 2.45) is 0 Å². The molecule has 0 amide bonds. The van der Waals surface area contributed by atoms with E-state index in [4.69, 9.17) is 4.74 Å². The van der Waals surface area contributed by atoms with Gasteiger partial charge in [0, 0.05) is 19.4 Å². The minimum Gasteiger partial charge on any atom is -0.378 e. The van der Waals surface area contributed by atoms with Crippen molar-refractivity contribution in [1.82, 2.24) is 0 Å². The monoisotopic (exact) mass is 236 g/mol. The summed E-state index contributed by atoms with van der Waals surface area (Å²) in [7, 11) is 0. The number of carbonyl (C=O) groups is 1. The molecule has 1 aromatic carbocycles. The quantitative estimate of drug-likeness (QED) is 0.785. The molecule has 92 valence electrons. The summed E-state index contributed by atoms with van der Waals surface area (Å²) in [6.07, 6.45) is 4.22. The number of hydrogen-bond donors (Lipinski definition) is 0. The van der Waals surface area contributed by atoms with E-state index in [2.05, 4.69) is 0 Å². The first-order valence-electron chi connectivity index (χ1n) is 6.12. The van der Waals surface area contributed by atoms with Crippen molar-refractivity contribution in [3.8, 4) is 0 Å². The minimum atomic E-state index is -0.263. The Morgan fingerprint density at radius 1 is 1.35 bits per heavy atom. The fraction of sp³-hybridized carbons (Fsp3) is 0.500. The van der Waals surface area contributed by atoms with E-state index in [0.717, 1.165) is 31.4 Å². The molecule has 1 aliphatic heterocycles. The highest BCUT2D eigenvalue weighted by Gasteiger charge is 2.16. The lowest BCUT2D eigenvalue weighted by Gasteiger charge is -2.08. The van der Waals surface area contributed by atoms with E-state index in [1.54, 1.807) is 12.1 Å². The Bertz CT molecular complexity index is 366. The molecule has 1 unspecified atom stereocenters. The Kier molecular flexibility index (Phi) is 4.26. The molecule has 0 radical (unpaired) electrons. The zero-order valence-electron chi connectivity index (χ0n) is 9.82. The van der Waals surface area contributed by atoms with E-state index in [1.165, 1.54) is 12.1 Å². The van der Waals surface area contributed by atoms with E-state index in [9.17, 15) is 9.18 Å². The number of benzene rings is 1. The summed E-state index contributed by atoms with van der Waals surface area (Å²) in [5.41, 5.74) is 0.878. The van der Waals surface area contributed by atoms with Crippen molar-refractivity contribution < 1.29 is 13.9 Å². The first-order chi connectivity index (χ1) is 8.24. The lowest BCUT2D eigenvalue weighted by atomic mass is 10.0. The van der Waals surface area contributed by atoms with E-state index in [0.29, 0.717) is 12.8 Å². The zero-order valence-corrected chi connectivity index (χ0v) is 9.82. The molecular formula is C14H17FO2. The van der Waals surface area contributed by atoms with Crippen LogP contribution < -0.4 is 0 Å². The topological polar surface area (TPSA) is 26.3 Å². The fourth-order valence-electron chi connectivity index (χ4n) is 2.11. The average Bonchev–Trinajstić information content (AvgIpc) is 2.83. The van der Waals surface area contributed by atoms with Gasteiger partial charge in [0.25, 0.3) is 0 Å². The number of hydrogen-bond acceptors (Lipinski definition) is 2. The standard InChI is InChI=1S/C14H17FO2/c15-12-5-3-11(4-6-12)10-13(16)7-8-14-2-1-9-17-14/h3-6,14H,1-2,7-10H2. The van der Waals surface area contributed by atoms with Gasteiger partial charge in [-0.2, -0.15) is 0 Å². The van der Waals surface area contributed by atoms with Crippen LogP contribution in [-0.2, 0) is 16.0 Å². The molecule has 0 saturated carbocycles. The van der Waals surface area contributed by atoms with Gasteiger partial charge < -0.3 is 4.74 Å². The predicted octanol–water partition coefficient (Wildman–Crippen LogP) is 2.90. The smallest absolute Gasteiger partial charge is 0.137 e. The van der Waals surface area contributed by atoms with Gasteiger partial charge in [-0.1, -0.05) is 12.1 Å². The number of halogens is 1. The van der Waals surface area contributed by atoms with Crippen LogP contribution in [0.15, 0.2) is 24.3 Å². The molecule has 0 aromatic heterocycles. The second-order valence-electron chi connectivity index (χ2n) is 4.52. The summed E-state index contributed by atoms with van der Waals surface area (Å²) in [6, 6.07) is 6.12. The van der Waals surface area contributed by atoms with Crippen molar-refractivity contribution in [2.45, 2.75) is 38.2 Å². The normalized spacial score (nSPS) is 19.5. The first-order valence-corrected chi connectivity index (χ1v) is 6.12. The maximum absolute atomic E-state index is 12.7. The van der Waals surface area contributed by atoms with Crippen molar-refractivity contribution in [2.75, 3.05) is 6.61 Å². The number of rotatable bonds is 5. The number of ether oxygens (including phenoxy) is 1. The summed E-state index contributed by atoms with van der Waals surface area (Å²) >= 11 is 0. The van der Waals surface area contributed by atoms with Crippen LogP contribution in [0.4, 0.5) is 4.39 Å². The van der Waals surface area contributed by atoms with Gasteiger partial charge >= 0.3 is 0 Å². The van der Waals surface area contributed by atoms with Crippen molar-refractivity contribution in [3.63, 3.8) is 0 Å². The van der Waals surface area contributed by atoms with Crippen LogP contribution in [0.2, 0.25) is 0 Å². The SMILES string of the molecule is O=C(CCC1CCCO1)Cc1ccc(F)cc1. The summed E-state index contributed by atoms with van der Waals surface area (Å²) in [6.45, 7) is 0.830. The van der Waals surface area contributed by atoms with Crippen molar-refractivity contribution >= 4 is 5.78 Å². The predicted molar refractivity (Wildman–Crippen MR) is 63.3 cm³/mol. The molecule has 1 atom stereocenters. The van der Waals surface area contributed by atoms with E-state index in [-0.39, 0.29) is 17.7 Å². The Morgan fingerprint density at radius 3 is 2.76 bits per heavy atom. The second kappa shape index (κ2) is 5.92. The average molecular weight is 236 g/mol. The lowest BCUT2D eigenvalue weighted by Crippen LogP contribution is -2.10. The highest BCUT2D eigenvalue weighted by molar-refractivity contribution is 5.80. The molecule has 1 saturated heterocycles. The van der Waals surface area contributed by atoms with Gasteiger partial charge in [-0.15, -0.1) is 0 Å². The minimum absolute atomic E-state index is 0.201. The molecule has 1 heterocycles. The third kappa shape index (κ3) is 3.93. The van der Waals surface area contributed by atoms with Gasteiger partial charge in [-0.05, 0) is 37.0 Å². The molecule has 0 N–H and O–H groups in total. The Labute approximate surface area is 101 Å². The maximum atomic E-state index is 12.7. The summed E-state index contributed by atoms with van der Waals surface area (Å²) in [4.78, 5) is 11.7. The van der Waals surface area contributed by atoms with Crippen LogP contribution in [0, 0.1) is 5.82 Å². The molecule has 3 heteroatoms. The molecule has 2 nitrogen and oxygen atoms in total. The van der Waals surface area contributed by atoms with E-state index < -0.39 is 0 Å². The molecule has 1 aliphatic rings. The third-order valence-electron chi connectivity index (χ3n) is 3.08. The Hall–Kier alpha value is -1.22. The third-order valence-corrected chi connectivity index (χ3v) is 3.08. The molecule has 2 rings (SSSR count). The van der Waals surface area contributed by atoms with Crippen LogP contribution in [0.1, 0.15) is 31.2 Å². The highest BCUT2D eigenvalue weighted by atomic mass is 19.1. The Balaban J connectivity index is 1.74.